The summed E-state index contributed by atoms with van der Waals surface area (Å²) in [4.78, 5) is 0. The molecule has 0 unspecified atom stereocenters. The van der Waals surface area contributed by atoms with Crippen molar-refractivity contribution in [2.24, 2.45) is 0 Å². The maximum absolute atomic E-state index is 12.8. The summed E-state index contributed by atoms with van der Waals surface area (Å²) >= 11 is 0. The molecule has 24 heavy (non-hydrogen) atoms. The molecular weight excluding hydrogens is 307 g/mol. The number of methoxy groups -OCH3 is 1. The van der Waals surface area contributed by atoms with Gasteiger partial charge >= 0.3 is 0 Å². The lowest BCUT2D eigenvalue weighted by Gasteiger charge is -2.11. The third-order valence-electron chi connectivity index (χ3n) is 3.43. The second-order valence-electron chi connectivity index (χ2n) is 5.27. The molecule has 0 atom stereocenters. The van der Waals surface area contributed by atoms with Crippen LogP contribution in [0.5, 0.6) is 17.2 Å². The Morgan fingerprint density at radius 2 is 1.62 bits per heavy atom. The van der Waals surface area contributed by atoms with E-state index in [-0.39, 0.29) is 5.82 Å². The van der Waals surface area contributed by atoms with Crippen molar-refractivity contribution in [3.05, 3.63) is 59.9 Å². The third-order valence-corrected chi connectivity index (χ3v) is 3.43. The van der Waals surface area contributed by atoms with Gasteiger partial charge in [0.15, 0.2) is 11.5 Å². The summed E-state index contributed by atoms with van der Waals surface area (Å²) in [5.41, 5.74) is 1.08. The van der Waals surface area contributed by atoms with Crippen molar-refractivity contribution >= 4 is 6.08 Å². The summed E-state index contributed by atoms with van der Waals surface area (Å²) in [6.07, 6.45) is 5.72. The van der Waals surface area contributed by atoms with Crippen LogP contribution in [0, 0.1) is 5.82 Å². The Morgan fingerprint density at radius 3 is 2.29 bits per heavy atom. The molecule has 0 bridgehead atoms. The fourth-order valence-electron chi connectivity index (χ4n) is 2.21. The molecule has 0 fully saturated rings. The lowest BCUT2D eigenvalue weighted by molar-refractivity contribution is 0.258. The minimum absolute atomic E-state index is 0.259. The van der Waals surface area contributed by atoms with Gasteiger partial charge < -0.3 is 14.2 Å². The predicted octanol–water partition coefficient (Wildman–Crippen LogP) is 5.11. The highest BCUT2D eigenvalue weighted by Gasteiger charge is 2.04. The number of allylic oxidation sites excluding steroid dienone is 1. The van der Waals surface area contributed by atoms with Crippen molar-refractivity contribution in [2.45, 2.75) is 19.8 Å². The van der Waals surface area contributed by atoms with Crippen LogP contribution in [0.1, 0.15) is 25.3 Å². The first-order valence-electron chi connectivity index (χ1n) is 8.05. The maximum Gasteiger partial charge on any atom is 0.161 e. The Labute approximate surface area is 142 Å². The first-order valence-corrected chi connectivity index (χ1v) is 8.05. The van der Waals surface area contributed by atoms with Gasteiger partial charge in [0.1, 0.15) is 11.6 Å². The lowest BCUT2D eigenvalue weighted by Crippen LogP contribution is -2.03. The quantitative estimate of drug-likeness (QED) is 0.598. The van der Waals surface area contributed by atoms with Crippen LogP contribution in [0.25, 0.3) is 6.08 Å². The molecule has 0 saturated heterocycles. The van der Waals surface area contributed by atoms with Gasteiger partial charge in [0.25, 0.3) is 0 Å². The molecular formula is C20H23FO3. The Bertz CT molecular complexity index is 650. The van der Waals surface area contributed by atoms with Crippen LogP contribution < -0.4 is 14.2 Å². The van der Waals surface area contributed by atoms with E-state index in [0.29, 0.717) is 19.0 Å². The summed E-state index contributed by atoms with van der Waals surface area (Å²) in [5, 5.41) is 0. The van der Waals surface area contributed by atoms with Gasteiger partial charge in [0.2, 0.25) is 0 Å². The second kappa shape index (κ2) is 9.60. The van der Waals surface area contributed by atoms with Gasteiger partial charge in [0, 0.05) is 0 Å². The summed E-state index contributed by atoms with van der Waals surface area (Å²) in [5.74, 6) is 1.89. The molecule has 0 amide bonds. The molecule has 0 heterocycles. The lowest BCUT2D eigenvalue weighted by atomic mass is 10.2. The predicted molar refractivity (Wildman–Crippen MR) is 94.3 cm³/mol. The summed E-state index contributed by atoms with van der Waals surface area (Å²) < 4.78 is 29.5. The van der Waals surface area contributed by atoms with E-state index in [1.807, 2.05) is 37.3 Å². The number of ether oxygens (including phenoxy) is 3. The zero-order chi connectivity index (χ0) is 17.2. The smallest absolute Gasteiger partial charge is 0.161 e. The monoisotopic (exact) mass is 330 g/mol. The van der Waals surface area contributed by atoms with E-state index < -0.39 is 0 Å². The molecule has 0 aliphatic rings. The Kier molecular flexibility index (Phi) is 7.15. The first-order chi connectivity index (χ1) is 11.7. The topological polar surface area (TPSA) is 27.7 Å². The molecule has 0 aliphatic heterocycles. The van der Waals surface area contributed by atoms with Crippen LogP contribution in [0.15, 0.2) is 48.5 Å². The maximum atomic E-state index is 12.8. The van der Waals surface area contributed by atoms with Crippen LogP contribution in [0.4, 0.5) is 4.39 Å². The van der Waals surface area contributed by atoms with Gasteiger partial charge in [-0.1, -0.05) is 18.2 Å². The van der Waals surface area contributed by atoms with E-state index in [0.717, 1.165) is 29.9 Å². The normalized spacial score (nSPS) is 10.8. The first kappa shape index (κ1) is 17.9. The van der Waals surface area contributed by atoms with Crippen molar-refractivity contribution in [3.63, 3.8) is 0 Å². The molecule has 2 aromatic carbocycles. The molecule has 2 aromatic rings. The minimum Gasteiger partial charge on any atom is -0.494 e. The van der Waals surface area contributed by atoms with Gasteiger partial charge in [-0.2, -0.15) is 0 Å². The van der Waals surface area contributed by atoms with Crippen molar-refractivity contribution < 1.29 is 18.6 Å². The fourth-order valence-corrected chi connectivity index (χ4v) is 2.21. The second-order valence-corrected chi connectivity index (χ2v) is 5.27. The van der Waals surface area contributed by atoms with Crippen LogP contribution in [0.3, 0.4) is 0 Å². The number of benzene rings is 2. The minimum atomic E-state index is -0.259. The van der Waals surface area contributed by atoms with E-state index in [9.17, 15) is 4.39 Å². The molecule has 128 valence electrons. The average molecular weight is 330 g/mol. The molecule has 0 aromatic heterocycles. The number of hydrogen-bond acceptors (Lipinski definition) is 3. The number of rotatable bonds is 9. The van der Waals surface area contributed by atoms with Crippen molar-refractivity contribution in [1.29, 1.82) is 0 Å². The average Bonchev–Trinajstić information content (AvgIpc) is 2.60. The van der Waals surface area contributed by atoms with Crippen LogP contribution in [-0.2, 0) is 0 Å². The third kappa shape index (κ3) is 5.61. The highest BCUT2D eigenvalue weighted by molar-refractivity contribution is 5.55. The fraction of sp³-hybridized carbons (Fsp3) is 0.300. The molecule has 0 saturated carbocycles. The van der Waals surface area contributed by atoms with E-state index in [1.54, 1.807) is 19.2 Å². The van der Waals surface area contributed by atoms with Crippen molar-refractivity contribution in [2.75, 3.05) is 20.3 Å². The zero-order valence-corrected chi connectivity index (χ0v) is 14.1. The highest BCUT2D eigenvalue weighted by Crippen LogP contribution is 2.28. The van der Waals surface area contributed by atoms with Crippen molar-refractivity contribution in [3.8, 4) is 17.2 Å². The highest BCUT2D eigenvalue weighted by atomic mass is 19.1. The molecule has 4 heteroatoms. The molecule has 0 spiro atoms. The summed E-state index contributed by atoms with van der Waals surface area (Å²) in [6.45, 7) is 3.14. The van der Waals surface area contributed by atoms with E-state index in [2.05, 4.69) is 0 Å². The standard InChI is InChI=1S/C20H23FO3/c1-3-6-16-7-12-19(20(15-16)22-2)24-14-5-4-13-23-18-10-8-17(21)9-11-18/h3,6-12,15H,4-5,13-14H2,1-2H3. The van der Waals surface area contributed by atoms with Gasteiger partial charge in [-0.15, -0.1) is 0 Å². The van der Waals surface area contributed by atoms with E-state index >= 15 is 0 Å². The van der Waals surface area contributed by atoms with Gasteiger partial charge in [-0.3, -0.25) is 0 Å². The molecule has 0 N–H and O–H groups in total. The van der Waals surface area contributed by atoms with Gasteiger partial charge in [0.05, 0.1) is 20.3 Å². The molecule has 0 aliphatic carbocycles. The molecule has 2 rings (SSSR count). The number of hydrogen-bond donors (Lipinski definition) is 0. The Morgan fingerprint density at radius 1 is 0.917 bits per heavy atom. The summed E-state index contributed by atoms with van der Waals surface area (Å²) in [6, 6.07) is 11.9. The zero-order valence-electron chi connectivity index (χ0n) is 14.1. The van der Waals surface area contributed by atoms with Crippen LogP contribution >= 0.6 is 0 Å². The molecule has 0 radical (unpaired) electrons. The van der Waals surface area contributed by atoms with Crippen LogP contribution in [-0.4, -0.2) is 20.3 Å². The van der Waals surface area contributed by atoms with Crippen molar-refractivity contribution in [1.82, 2.24) is 0 Å². The Balaban J connectivity index is 1.71. The van der Waals surface area contributed by atoms with Gasteiger partial charge in [-0.25, -0.2) is 4.39 Å². The van der Waals surface area contributed by atoms with Gasteiger partial charge in [-0.05, 0) is 61.7 Å². The van der Waals surface area contributed by atoms with E-state index in [1.165, 1.54) is 12.1 Å². The van der Waals surface area contributed by atoms with E-state index in [4.69, 9.17) is 14.2 Å². The number of unbranched alkanes of at least 4 members (excludes halogenated alkanes) is 1. The summed E-state index contributed by atoms with van der Waals surface area (Å²) in [7, 11) is 1.64. The number of halogens is 1. The van der Waals surface area contributed by atoms with Crippen LogP contribution in [0.2, 0.25) is 0 Å². The Hall–Kier alpha value is -2.49. The molecule has 3 nitrogen and oxygen atoms in total. The SMILES string of the molecule is CC=Cc1ccc(OCCCCOc2ccc(F)cc2)c(OC)c1. The largest absolute Gasteiger partial charge is 0.494 e.